The average molecular weight is 303 g/mol. The van der Waals surface area contributed by atoms with Crippen molar-refractivity contribution in [1.29, 1.82) is 0 Å². The summed E-state index contributed by atoms with van der Waals surface area (Å²) in [4.78, 5) is 0. The Morgan fingerprint density at radius 3 is 2.26 bits per heavy atom. The summed E-state index contributed by atoms with van der Waals surface area (Å²) in [5, 5.41) is 15.3. The number of hydrogen-bond donors (Lipinski definition) is 1. The molecule has 0 saturated carbocycles. The fourth-order valence-corrected chi connectivity index (χ4v) is 2.76. The number of benzene rings is 2. The van der Waals surface area contributed by atoms with E-state index in [1.165, 1.54) is 11.1 Å². The third-order valence-corrected chi connectivity index (χ3v) is 4.11. The molecule has 2 heterocycles. The SMILES string of the molecule is Cc1ccc(C2=CC(c3ccc(C)cc3)n3nnnc3N2)cc1. The number of allylic oxidation sites excluding steroid dienone is 1. The summed E-state index contributed by atoms with van der Waals surface area (Å²) in [7, 11) is 0. The number of hydrogen-bond acceptors (Lipinski definition) is 4. The molecule has 1 aromatic heterocycles. The fourth-order valence-electron chi connectivity index (χ4n) is 2.76. The topological polar surface area (TPSA) is 55.6 Å². The maximum Gasteiger partial charge on any atom is 0.248 e. The summed E-state index contributed by atoms with van der Waals surface area (Å²) in [6.45, 7) is 4.17. The first-order valence-corrected chi connectivity index (χ1v) is 7.61. The first-order chi connectivity index (χ1) is 11.2. The molecule has 1 N–H and O–H groups in total. The molecule has 114 valence electrons. The zero-order valence-electron chi connectivity index (χ0n) is 13.1. The minimum atomic E-state index is -0.0156. The van der Waals surface area contributed by atoms with Crippen molar-refractivity contribution in [3.8, 4) is 0 Å². The van der Waals surface area contributed by atoms with E-state index in [1.807, 2.05) is 4.68 Å². The molecule has 4 rings (SSSR count). The number of nitrogens with one attached hydrogen (secondary N) is 1. The van der Waals surface area contributed by atoms with E-state index in [2.05, 4.69) is 89.3 Å². The van der Waals surface area contributed by atoms with Crippen LogP contribution >= 0.6 is 0 Å². The molecule has 0 saturated heterocycles. The molecular formula is C18H17N5. The minimum absolute atomic E-state index is 0.0156. The van der Waals surface area contributed by atoms with Crippen LogP contribution in [0.25, 0.3) is 5.70 Å². The van der Waals surface area contributed by atoms with Gasteiger partial charge in [0, 0.05) is 5.70 Å². The van der Waals surface area contributed by atoms with E-state index in [0.29, 0.717) is 5.95 Å². The van der Waals surface area contributed by atoms with Crippen LogP contribution in [0.15, 0.2) is 54.6 Å². The predicted molar refractivity (Wildman–Crippen MR) is 89.9 cm³/mol. The van der Waals surface area contributed by atoms with Gasteiger partial charge in [-0.25, -0.2) is 0 Å². The summed E-state index contributed by atoms with van der Waals surface area (Å²) in [5.74, 6) is 0.661. The maximum absolute atomic E-state index is 4.13. The van der Waals surface area contributed by atoms with Gasteiger partial charge in [-0.1, -0.05) is 64.8 Å². The molecule has 1 atom stereocenters. The molecule has 2 aromatic carbocycles. The smallest absolute Gasteiger partial charge is 0.248 e. The molecule has 0 radical (unpaired) electrons. The highest BCUT2D eigenvalue weighted by Crippen LogP contribution is 2.31. The predicted octanol–water partition coefficient (Wildman–Crippen LogP) is 3.35. The van der Waals surface area contributed by atoms with Gasteiger partial charge in [-0.05, 0) is 41.5 Å². The lowest BCUT2D eigenvalue weighted by molar-refractivity contribution is 0.586. The molecule has 1 aliphatic rings. The molecule has 5 heteroatoms. The monoisotopic (exact) mass is 303 g/mol. The van der Waals surface area contributed by atoms with Crippen molar-refractivity contribution < 1.29 is 0 Å². The summed E-state index contributed by atoms with van der Waals surface area (Å²) in [5.41, 5.74) is 5.79. The summed E-state index contributed by atoms with van der Waals surface area (Å²) in [6, 6.07) is 16.9. The summed E-state index contributed by atoms with van der Waals surface area (Å²) < 4.78 is 1.81. The molecule has 3 aromatic rings. The van der Waals surface area contributed by atoms with Crippen molar-refractivity contribution in [3.05, 3.63) is 76.9 Å². The average Bonchev–Trinajstić information content (AvgIpc) is 3.04. The van der Waals surface area contributed by atoms with E-state index < -0.39 is 0 Å². The second-order valence-corrected chi connectivity index (χ2v) is 5.87. The second kappa shape index (κ2) is 5.35. The van der Waals surface area contributed by atoms with Crippen LogP contribution in [0.3, 0.4) is 0 Å². The van der Waals surface area contributed by atoms with Crippen molar-refractivity contribution >= 4 is 11.6 Å². The molecule has 1 unspecified atom stereocenters. The maximum atomic E-state index is 4.13. The van der Waals surface area contributed by atoms with Gasteiger partial charge in [-0.15, -0.1) is 0 Å². The molecule has 0 amide bonds. The van der Waals surface area contributed by atoms with E-state index in [1.54, 1.807) is 0 Å². The summed E-state index contributed by atoms with van der Waals surface area (Å²) in [6.07, 6.45) is 2.17. The van der Waals surface area contributed by atoms with Gasteiger partial charge in [0.15, 0.2) is 0 Å². The molecular weight excluding hydrogens is 286 g/mol. The Labute approximate surface area is 134 Å². The van der Waals surface area contributed by atoms with E-state index in [0.717, 1.165) is 16.8 Å². The number of rotatable bonds is 2. The summed E-state index contributed by atoms with van der Waals surface area (Å²) >= 11 is 0. The van der Waals surface area contributed by atoms with Crippen LogP contribution in [-0.4, -0.2) is 20.2 Å². The Hall–Kier alpha value is -2.95. The van der Waals surface area contributed by atoms with Gasteiger partial charge in [-0.2, -0.15) is 4.68 Å². The second-order valence-electron chi connectivity index (χ2n) is 5.87. The van der Waals surface area contributed by atoms with Gasteiger partial charge in [-0.3, -0.25) is 0 Å². The van der Waals surface area contributed by atoms with Crippen molar-refractivity contribution in [3.63, 3.8) is 0 Å². The van der Waals surface area contributed by atoms with Gasteiger partial charge in [0.25, 0.3) is 0 Å². The standard InChI is InChI=1S/C18H17N5/c1-12-3-7-14(8-4-12)16-11-17(15-9-5-13(2)6-10-15)23-18(19-16)20-21-22-23/h3-11,17H,1-2H3,(H,19,20,22). The zero-order valence-corrected chi connectivity index (χ0v) is 13.1. The van der Waals surface area contributed by atoms with Gasteiger partial charge in [0.1, 0.15) is 6.04 Å². The number of fused-ring (bicyclic) bond motifs is 1. The van der Waals surface area contributed by atoms with Gasteiger partial charge < -0.3 is 5.32 Å². The van der Waals surface area contributed by atoms with Gasteiger partial charge >= 0.3 is 0 Å². The third-order valence-electron chi connectivity index (χ3n) is 4.11. The van der Waals surface area contributed by atoms with Gasteiger partial charge in [0.05, 0.1) is 0 Å². The van der Waals surface area contributed by atoms with E-state index in [4.69, 9.17) is 0 Å². The number of nitrogens with zero attached hydrogens (tertiary/aromatic N) is 4. The lowest BCUT2D eigenvalue weighted by Gasteiger charge is -2.23. The highest BCUT2D eigenvalue weighted by Gasteiger charge is 2.24. The number of anilines is 1. The zero-order chi connectivity index (χ0) is 15.8. The minimum Gasteiger partial charge on any atom is -0.323 e. The first-order valence-electron chi connectivity index (χ1n) is 7.61. The van der Waals surface area contributed by atoms with Crippen molar-refractivity contribution in [2.24, 2.45) is 0 Å². The van der Waals surface area contributed by atoms with Crippen molar-refractivity contribution in [2.75, 3.05) is 5.32 Å². The van der Waals surface area contributed by atoms with Gasteiger partial charge in [0.2, 0.25) is 5.95 Å². The van der Waals surface area contributed by atoms with Crippen molar-refractivity contribution in [2.45, 2.75) is 19.9 Å². The van der Waals surface area contributed by atoms with Crippen LogP contribution in [0.4, 0.5) is 5.95 Å². The first kappa shape index (κ1) is 13.7. The molecule has 0 spiro atoms. The Morgan fingerprint density at radius 1 is 0.913 bits per heavy atom. The Morgan fingerprint density at radius 2 is 1.57 bits per heavy atom. The normalized spacial score (nSPS) is 16.4. The highest BCUT2D eigenvalue weighted by atomic mass is 15.6. The largest absolute Gasteiger partial charge is 0.323 e. The molecule has 23 heavy (non-hydrogen) atoms. The van der Waals surface area contributed by atoms with E-state index >= 15 is 0 Å². The van der Waals surface area contributed by atoms with Crippen molar-refractivity contribution in [1.82, 2.24) is 20.2 Å². The van der Waals surface area contributed by atoms with Crippen LogP contribution in [0.1, 0.15) is 28.3 Å². The van der Waals surface area contributed by atoms with E-state index in [-0.39, 0.29) is 6.04 Å². The fraction of sp³-hybridized carbons (Fsp3) is 0.167. The number of aryl methyl sites for hydroxylation is 2. The third kappa shape index (κ3) is 2.50. The molecule has 5 nitrogen and oxygen atoms in total. The Kier molecular flexibility index (Phi) is 3.19. The lowest BCUT2D eigenvalue weighted by Crippen LogP contribution is -2.20. The molecule has 0 aliphatic carbocycles. The number of tetrazole rings is 1. The molecule has 1 aliphatic heterocycles. The van der Waals surface area contributed by atoms with Crippen LogP contribution in [-0.2, 0) is 0 Å². The molecule has 0 bridgehead atoms. The van der Waals surface area contributed by atoms with Crippen LogP contribution in [0.5, 0.6) is 0 Å². The van der Waals surface area contributed by atoms with Crippen LogP contribution < -0.4 is 5.32 Å². The lowest BCUT2D eigenvalue weighted by atomic mass is 10.0. The quantitative estimate of drug-likeness (QED) is 0.789. The van der Waals surface area contributed by atoms with Crippen LogP contribution in [0, 0.1) is 13.8 Å². The van der Waals surface area contributed by atoms with E-state index in [9.17, 15) is 0 Å². The highest BCUT2D eigenvalue weighted by molar-refractivity contribution is 5.77. The molecule has 0 fully saturated rings. The Balaban J connectivity index is 1.79. The van der Waals surface area contributed by atoms with Crippen LogP contribution in [0.2, 0.25) is 0 Å². The Bertz CT molecular complexity index is 859. The number of aromatic nitrogens is 4.